The second-order valence-corrected chi connectivity index (χ2v) is 6.82. The minimum absolute atomic E-state index is 0.104. The first kappa shape index (κ1) is 25.0. The number of carbonyl (C=O) groups excluding carboxylic acids is 5. The van der Waals surface area contributed by atoms with E-state index in [1.807, 2.05) is 0 Å². The third kappa shape index (κ3) is 8.14. The van der Waals surface area contributed by atoms with Gasteiger partial charge in [-0.3, -0.25) is 24.0 Å². The van der Waals surface area contributed by atoms with E-state index in [0.29, 0.717) is 18.5 Å². The van der Waals surface area contributed by atoms with Gasteiger partial charge in [-0.05, 0) is 18.9 Å². The van der Waals surface area contributed by atoms with Gasteiger partial charge in [-0.2, -0.15) is 0 Å². The van der Waals surface area contributed by atoms with Crippen LogP contribution in [0.25, 0.3) is 0 Å². The van der Waals surface area contributed by atoms with Crippen LogP contribution in [0, 0.1) is 0 Å². The van der Waals surface area contributed by atoms with Crippen molar-refractivity contribution in [3.05, 3.63) is 45.9 Å². The van der Waals surface area contributed by atoms with E-state index in [2.05, 4.69) is 20.7 Å². The van der Waals surface area contributed by atoms with Gasteiger partial charge in [0.15, 0.2) is 0 Å². The Morgan fingerprint density at radius 3 is 2.13 bits per heavy atom. The Labute approximate surface area is 179 Å². The zero-order valence-corrected chi connectivity index (χ0v) is 17.9. The summed E-state index contributed by atoms with van der Waals surface area (Å²) in [5.74, 6) is -1.53. The van der Waals surface area contributed by atoms with Crippen molar-refractivity contribution in [2.45, 2.75) is 33.6 Å². The van der Waals surface area contributed by atoms with Gasteiger partial charge in [0.25, 0.3) is 0 Å². The number of rotatable bonds is 5. The van der Waals surface area contributed by atoms with E-state index in [1.165, 1.54) is 27.0 Å². The molecule has 0 aliphatic heterocycles. The van der Waals surface area contributed by atoms with Crippen LogP contribution < -0.4 is 16.0 Å². The normalized spacial score (nSPS) is 15.8. The van der Waals surface area contributed by atoms with Gasteiger partial charge in [-0.25, -0.2) is 0 Å². The standard InChI is InChI=1S/C11H14N2O4.C9H10ClNO2/c1-7(14)12-8-3-4-9(10(15)5-8)13-11(16)6-17-2;1-5-3-4-7(11-6(2)12)9(13)8(5)10/h4-5H,3,6H2,1-2H3,(H,12,14)(H,13,16);4H,3H2,1-2H3,(H,11,12). The first-order valence-corrected chi connectivity index (χ1v) is 9.32. The van der Waals surface area contributed by atoms with E-state index in [0.717, 1.165) is 5.57 Å². The highest BCUT2D eigenvalue weighted by Crippen LogP contribution is 2.22. The molecule has 30 heavy (non-hydrogen) atoms. The Bertz CT molecular complexity index is 883. The summed E-state index contributed by atoms with van der Waals surface area (Å²) in [7, 11) is 1.39. The van der Waals surface area contributed by atoms with Crippen LogP contribution >= 0.6 is 11.6 Å². The molecule has 0 aromatic rings. The van der Waals surface area contributed by atoms with Gasteiger partial charge in [0.1, 0.15) is 6.61 Å². The summed E-state index contributed by atoms with van der Waals surface area (Å²) in [4.78, 5) is 55.6. The summed E-state index contributed by atoms with van der Waals surface area (Å²) in [5.41, 5.74) is 1.84. The predicted molar refractivity (Wildman–Crippen MR) is 110 cm³/mol. The number of carbonyl (C=O) groups is 5. The van der Waals surface area contributed by atoms with Crippen LogP contribution in [-0.4, -0.2) is 43.0 Å². The summed E-state index contributed by atoms with van der Waals surface area (Å²) in [5, 5.41) is 7.61. The Hall–Kier alpha value is -3.04. The first-order chi connectivity index (χ1) is 14.0. The molecule has 3 amide bonds. The van der Waals surface area contributed by atoms with Crippen molar-refractivity contribution in [2.75, 3.05) is 13.7 Å². The van der Waals surface area contributed by atoms with Crippen LogP contribution in [0.1, 0.15) is 33.6 Å². The minimum Gasteiger partial charge on any atom is -0.375 e. The number of ketones is 2. The van der Waals surface area contributed by atoms with Crippen molar-refractivity contribution in [3.63, 3.8) is 0 Å². The van der Waals surface area contributed by atoms with E-state index in [9.17, 15) is 24.0 Å². The molecule has 0 saturated carbocycles. The molecule has 0 fully saturated rings. The van der Waals surface area contributed by atoms with Crippen LogP contribution in [-0.2, 0) is 28.7 Å². The second kappa shape index (κ2) is 11.8. The van der Waals surface area contributed by atoms with Crippen molar-refractivity contribution >= 4 is 40.9 Å². The minimum atomic E-state index is -0.386. The maximum Gasteiger partial charge on any atom is 0.250 e. The molecule has 162 valence electrons. The van der Waals surface area contributed by atoms with E-state index < -0.39 is 0 Å². The topological polar surface area (TPSA) is 131 Å². The van der Waals surface area contributed by atoms with Crippen LogP contribution in [0.5, 0.6) is 0 Å². The van der Waals surface area contributed by atoms with Crippen LogP contribution in [0.4, 0.5) is 0 Å². The van der Waals surface area contributed by atoms with Gasteiger partial charge < -0.3 is 20.7 Å². The molecular weight excluding hydrogens is 414 g/mol. The number of ether oxygens (including phenoxy) is 1. The zero-order valence-electron chi connectivity index (χ0n) is 17.2. The molecule has 0 atom stereocenters. The number of methoxy groups -OCH3 is 1. The smallest absolute Gasteiger partial charge is 0.250 e. The highest BCUT2D eigenvalue weighted by atomic mass is 35.5. The number of Topliss-reactive ketones (excluding diaryl/α,β-unsaturated/α-hetero) is 1. The molecule has 9 nitrogen and oxygen atoms in total. The van der Waals surface area contributed by atoms with Crippen molar-refractivity contribution in [1.29, 1.82) is 0 Å². The van der Waals surface area contributed by atoms with Crippen molar-refractivity contribution in [2.24, 2.45) is 0 Å². The zero-order chi connectivity index (χ0) is 22.8. The maximum atomic E-state index is 11.6. The molecule has 0 bridgehead atoms. The third-order valence-electron chi connectivity index (χ3n) is 3.72. The van der Waals surface area contributed by atoms with Gasteiger partial charge in [0, 0.05) is 39.2 Å². The average molecular weight is 438 g/mol. The SMILES string of the molecule is CC(=O)NC1=CCC(C)=C(Cl)C1=O.COCC(=O)NC1=CCC(NC(C)=O)=CC1=O. The average Bonchev–Trinajstić information content (AvgIpc) is 2.64. The Balaban J connectivity index is 0.000000311. The molecule has 0 spiro atoms. The molecule has 0 unspecified atom stereocenters. The van der Waals surface area contributed by atoms with Crippen molar-refractivity contribution in [1.82, 2.24) is 16.0 Å². The fourth-order valence-corrected chi connectivity index (χ4v) is 2.58. The van der Waals surface area contributed by atoms with Gasteiger partial charge >= 0.3 is 0 Å². The molecule has 2 aliphatic carbocycles. The van der Waals surface area contributed by atoms with Crippen molar-refractivity contribution < 1.29 is 28.7 Å². The molecule has 2 rings (SSSR count). The lowest BCUT2D eigenvalue weighted by molar-refractivity contribution is -0.125. The molecule has 0 saturated heterocycles. The van der Waals surface area contributed by atoms with E-state index in [-0.39, 0.29) is 52.3 Å². The molecule has 0 radical (unpaired) electrons. The van der Waals surface area contributed by atoms with Crippen LogP contribution in [0.15, 0.2) is 45.9 Å². The molecule has 0 heterocycles. The van der Waals surface area contributed by atoms with Crippen LogP contribution in [0.2, 0.25) is 0 Å². The lowest BCUT2D eigenvalue weighted by atomic mass is 10.0. The summed E-state index contributed by atoms with van der Waals surface area (Å²) in [6.07, 6.45) is 5.53. The second-order valence-electron chi connectivity index (χ2n) is 6.44. The Kier molecular flexibility index (Phi) is 9.87. The molecule has 10 heteroatoms. The summed E-state index contributed by atoms with van der Waals surface area (Å²) in [6.45, 7) is 4.41. The molecule has 3 N–H and O–H groups in total. The van der Waals surface area contributed by atoms with Gasteiger partial charge in [0.2, 0.25) is 29.3 Å². The monoisotopic (exact) mass is 437 g/mol. The summed E-state index contributed by atoms with van der Waals surface area (Å²) in [6, 6.07) is 0. The summed E-state index contributed by atoms with van der Waals surface area (Å²) >= 11 is 5.73. The summed E-state index contributed by atoms with van der Waals surface area (Å²) < 4.78 is 4.63. The molecular formula is C20H24ClN3O6. The lowest BCUT2D eigenvalue weighted by Gasteiger charge is -2.13. The highest BCUT2D eigenvalue weighted by Gasteiger charge is 2.20. The number of hydrogen-bond donors (Lipinski definition) is 3. The number of allylic oxidation sites excluding steroid dienone is 5. The van der Waals surface area contributed by atoms with Gasteiger partial charge in [-0.15, -0.1) is 0 Å². The number of halogens is 1. The Morgan fingerprint density at radius 1 is 1.00 bits per heavy atom. The first-order valence-electron chi connectivity index (χ1n) is 8.94. The predicted octanol–water partition coefficient (Wildman–Crippen LogP) is 1.12. The van der Waals surface area contributed by atoms with E-state index in [4.69, 9.17) is 11.6 Å². The largest absolute Gasteiger partial charge is 0.375 e. The van der Waals surface area contributed by atoms with Crippen LogP contribution in [0.3, 0.4) is 0 Å². The number of hydrogen-bond acceptors (Lipinski definition) is 6. The van der Waals surface area contributed by atoms with E-state index >= 15 is 0 Å². The molecule has 0 aromatic heterocycles. The number of amides is 3. The lowest BCUT2D eigenvalue weighted by Crippen LogP contribution is -2.32. The third-order valence-corrected chi connectivity index (χ3v) is 4.22. The molecule has 2 aliphatic rings. The number of nitrogens with one attached hydrogen (secondary N) is 3. The van der Waals surface area contributed by atoms with Crippen molar-refractivity contribution in [3.8, 4) is 0 Å². The van der Waals surface area contributed by atoms with E-state index in [1.54, 1.807) is 19.1 Å². The highest BCUT2D eigenvalue weighted by molar-refractivity contribution is 6.45. The molecule has 0 aromatic carbocycles. The fraction of sp³-hybridized carbons (Fsp3) is 0.350. The van der Waals surface area contributed by atoms with Gasteiger partial charge in [-0.1, -0.05) is 23.8 Å². The fourth-order valence-electron chi connectivity index (χ4n) is 2.40. The Morgan fingerprint density at radius 2 is 1.60 bits per heavy atom. The van der Waals surface area contributed by atoms with Gasteiger partial charge in [0.05, 0.1) is 16.4 Å². The quantitative estimate of drug-likeness (QED) is 0.590. The maximum absolute atomic E-state index is 11.6.